The van der Waals surface area contributed by atoms with Gasteiger partial charge < -0.3 is 5.73 Å². The third-order valence-corrected chi connectivity index (χ3v) is 2.58. The molecule has 1 rings (SSSR count). The Balaban J connectivity index is 2.66. The topological polar surface area (TPSA) is 55.1 Å². The van der Waals surface area contributed by atoms with Gasteiger partial charge in [0, 0.05) is 12.2 Å². The molecule has 1 atom stereocenters. The van der Waals surface area contributed by atoms with E-state index in [1.165, 1.54) is 0 Å². The molecule has 0 bridgehead atoms. The van der Waals surface area contributed by atoms with Gasteiger partial charge in [-0.25, -0.2) is 8.93 Å². The van der Waals surface area contributed by atoms with Crippen LogP contribution in [0.2, 0.25) is 0 Å². The van der Waals surface area contributed by atoms with Gasteiger partial charge in [0.1, 0.15) is 11.0 Å². The predicted octanol–water partition coefficient (Wildman–Crippen LogP) is 1.07. The van der Waals surface area contributed by atoms with Crippen molar-refractivity contribution >= 4 is 16.7 Å². The number of nitrogen functional groups attached to an aromatic ring is 1. The zero-order valence-electron chi connectivity index (χ0n) is 7.19. The van der Waals surface area contributed by atoms with E-state index in [0.717, 1.165) is 4.90 Å². The monoisotopic (exact) mass is 196 g/mol. The van der Waals surface area contributed by atoms with E-state index in [4.69, 9.17) is 5.73 Å². The summed E-state index contributed by atoms with van der Waals surface area (Å²) in [6.07, 6.45) is 1.66. The Morgan fingerprint density at radius 2 is 2.08 bits per heavy atom. The van der Waals surface area contributed by atoms with Crippen LogP contribution in [-0.4, -0.2) is 10.8 Å². The molecular formula is C9H12N2OS. The molecule has 0 aromatic heterocycles. The van der Waals surface area contributed by atoms with E-state index in [-0.39, 0.29) is 0 Å². The summed E-state index contributed by atoms with van der Waals surface area (Å²) in [6.45, 7) is 4.05. The summed E-state index contributed by atoms with van der Waals surface area (Å²) in [7, 11) is -1.17. The summed E-state index contributed by atoms with van der Waals surface area (Å²) in [5, 5.41) is 0. The van der Waals surface area contributed by atoms with Gasteiger partial charge in [0.2, 0.25) is 0 Å². The molecule has 3 N–H and O–H groups in total. The van der Waals surface area contributed by atoms with Gasteiger partial charge in [0.25, 0.3) is 0 Å². The highest BCUT2D eigenvalue weighted by Gasteiger charge is 2.00. The summed E-state index contributed by atoms with van der Waals surface area (Å²) in [5.74, 6) is 0. The number of rotatable bonds is 4. The van der Waals surface area contributed by atoms with Crippen LogP contribution < -0.4 is 10.5 Å². The summed E-state index contributed by atoms with van der Waals surface area (Å²) in [6, 6.07) is 6.93. The highest BCUT2D eigenvalue weighted by atomic mass is 32.2. The molecule has 0 fully saturated rings. The summed E-state index contributed by atoms with van der Waals surface area (Å²) in [5.41, 5.74) is 6.16. The molecule has 70 valence electrons. The highest BCUT2D eigenvalue weighted by molar-refractivity contribution is 7.83. The second-order valence-corrected chi connectivity index (χ2v) is 3.77. The standard InChI is InChI=1S/C9H12N2OS/c1-2-7-11-13(12)9-5-3-8(10)4-6-9/h2-6,11H,1,7,10H2. The highest BCUT2D eigenvalue weighted by Crippen LogP contribution is 2.07. The van der Waals surface area contributed by atoms with Crippen LogP contribution in [0.1, 0.15) is 0 Å². The van der Waals surface area contributed by atoms with Crippen LogP contribution >= 0.6 is 0 Å². The van der Waals surface area contributed by atoms with Crippen LogP contribution in [-0.2, 0) is 11.0 Å². The smallest absolute Gasteiger partial charge is 0.125 e. The summed E-state index contributed by atoms with van der Waals surface area (Å²) < 4.78 is 14.2. The molecule has 0 saturated heterocycles. The van der Waals surface area contributed by atoms with Crippen LogP contribution in [0.25, 0.3) is 0 Å². The Hall–Kier alpha value is -1.13. The first kappa shape index (κ1) is 9.95. The van der Waals surface area contributed by atoms with Crippen molar-refractivity contribution in [2.45, 2.75) is 4.90 Å². The van der Waals surface area contributed by atoms with Gasteiger partial charge in [-0.3, -0.25) is 0 Å². The van der Waals surface area contributed by atoms with Crippen molar-refractivity contribution in [2.75, 3.05) is 12.3 Å². The Labute approximate surface area is 80.2 Å². The van der Waals surface area contributed by atoms with Gasteiger partial charge in [-0.15, -0.1) is 6.58 Å². The van der Waals surface area contributed by atoms with Crippen LogP contribution in [0.15, 0.2) is 41.8 Å². The zero-order chi connectivity index (χ0) is 9.68. The van der Waals surface area contributed by atoms with Crippen LogP contribution in [0, 0.1) is 0 Å². The maximum absolute atomic E-state index is 11.4. The molecule has 0 radical (unpaired) electrons. The predicted molar refractivity (Wildman–Crippen MR) is 55.5 cm³/mol. The quantitative estimate of drug-likeness (QED) is 0.559. The van der Waals surface area contributed by atoms with Crippen molar-refractivity contribution in [1.82, 2.24) is 4.72 Å². The number of nitrogens with one attached hydrogen (secondary N) is 1. The SMILES string of the molecule is C=CCNS(=O)c1ccc(N)cc1. The van der Waals surface area contributed by atoms with Crippen molar-refractivity contribution in [3.63, 3.8) is 0 Å². The first-order valence-electron chi connectivity index (χ1n) is 3.86. The molecule has 4 heteroatoms. The lowest BCUT2D eigenvalue weighted by Gasteiger charge is -2.01. The first-order valence-corrected chi connectivity index (χ1v) is 5.00. The first-order chi connectivity index (χ1) is 6.24. The molecule has 0 amide bonds. The van der Waals surface area contributed by atoms with Crippen molar-refractivity contribution in [1.29, 1.82) is 0 Å². The van der Waals surface area contributed by atoms with E-state index in [1.54, 1.807) is 30.3 Å². The van der Waals surface area contributed by atoms with E-state index in [1.807, 2.05) is 0 Å². The van der Waals surface area contributed by atoms with Crippen molar-refractivity contribution in [3.05, 3.63) is 36.9 Å². The minimum absolute atomic E-state index is 0.525. The minimum Gasteiger partial charge on any atom is -0.399 e. The van der Waals surface area contributed by atoms with Crippen LogP contribution in [0.4, 0.5) is 5.69 Å². The fraction of sp³-hybridized carbons (Fsp3) is 0.111. The van der Waals surface area contributed by atoms with Gasteiger partial charge in [0.05, 0.1) is 4.90 Å². The third-order valence-electron chi connectivity index (χ3n) is 1.45. The van der Waals surface area contributed by atoms with Gasteiger partial charge in [0.15, 0.2) is 0 Å². The van der Waals surface area contributed by atoms with Gasteiger partial charge >= 0.3 is 0 Å². The van der Waals surface area contributed by atoms with E-state index in [0.29, 0.717) is 12.2 Å². The zero-order valence-corrected chi connectivity index (χ0v) is 8.01. The fourth-order valence-corrected chi connectivity index (χ4v) is 1.63. The van der Waals surface area contributed by atoms with Crippen molar-refractivity contribution in [3.8, 4) is 0 Å². The minimum atomic E-state index is -1.17. The average Bonchev–Trinajstić information content (AvgIpc) is 2.15. The van der Waals surface area contributed by atoms with E-state index < -0.39 is 11.0 Å². The lowest BCUT2D eigenvalue weighted by atomic mass is 10.3. The van der Waals surface area contributed by atoms with Gasteiger partial charge in [-0.1, -0.05) is 6.08 Å². The molecule has 1 aromatic carbocycles. The Morgan fingerprint density at radius 3 is 2.62 bits per heavy atom. The molecule has 3 nitrogen and oxygen atoms in total. The van der Waals surface area contributed by atoms with Crippen LogP contribution in [0.5, 0.6) is 0 Å². The van der Waals surface area contributed by atoms with E-state index in [9.17, 15) is 4.21 Å². The molecule has 0 spiro atoms. The summed E-state index contributed by atoms with van der Waals surface area (Å²) >= 11 is 0. The third kappa shape index (κ3) is 3.01. The van der Waals surface area contributed by atoms with E-state index in [2.05, 4.69) is 11.3 Å². The van der Waals surface area contributed by atoms with E-state index >= 15 is 0 Å². The maximum atomic E-state index is 11.4. The van der Waals surface area contributed by atoms with Gasteiger partial charge in [-0.05, 0) is 24.3 Å². The lowest BCUT2D eigenvalue weighted by Crippen LogP contribution is -2.16. The second kappa shape index (κ2) is 4.79. The Kier molecular flexibility index (Phi) is 3.67. The number of benzene rings is 1. The Bertz CT molecular complexity index is 308. The Morgan fingerprint density at radius 1 is 1.46 bits per heavy atom. The van der Waals surface area contributed by atoms with Crippen LogP contribution in [0.3, 0.4) is 0 Å². The summed E-state index contributed by atoms with van der Waals surface area (Å²) in [4.78, 5) is 0.719. The number of hydrogen-bond donors (Lipinski definition) is 2. The largest absolute Gasteiger partial charge is 0.399 e. The molecule has 0 aliphatic carbocycles. The number of anilines is 1. The molecule has 13 heavy (non-hydrogen) atoms. The normalized spacial score (nSPS) is 12.3. The van der Waals surface area contributed by atoms with Crippen molar-refractivity contribution < 1.29 is 4.21 Å². The van der Waals surface area contributed by atoms with Gasteiger partial charge in [-0.2, -0.15) is 0 Å². The molecule has 1 unspecified atom stereocenters. The molecular weight excluding hydrogens is 184 g/mol. The molecule has 1 aromatic rings. The number of hydrogen-bond acceptors (Lipinski definition) is 2. The average molecular weight is 196 g/mol. The molecule has 0 saturated carbocycles. The molecule has 0 aliphatic heterocycles. The second-order valence-electron chi connectivity index (χ2n) is 2.47. The van der Waals surface area contributed by atoms with Crippen molar-refractivity contribution in [2.24, 2.45) is 0 Å². The molecule has 0 heterocycles. The lowest BCUT2D eigenvalue weighted by molar-refractivity contribution is 0.676. The maximum Gasteiger partial charge on any atom is 0.125 e. The fourth-order valence-electron chi connectivity index (χ4n) is 0.809. The number of nitrogens with two attached hydrogens (primary N) is 1. The molecule has 0 aliphatic rings.